The van der Waals surface area contributed by atoms with Crippen LogP contribution in [0, 0.1) is 0 Å². The Bertz CT molecular complexity index is 394. The van der Waals surface area contributed by atoms with Crippen LogP contribution >= 0.6 is 0 Å². The summed E-state index contributed by atoms with van der Waals surface area (Å²) in [5.74, 6) is 0.0167. The minimum atomic E-state index is 0.0167. The van der Waals surface area contributed by atoms with Crippen molar-refractivity contribution in [1.29, 1.82) is 0 Å². The van der Waals surface area contributed by atoms with Gasteiger partial charge >= 0.3 is 0 Å². The average Bonchev–Trinajstić information content (AvgIpc) is 2.47. The number of benzene rings is 1. The van der Waals surface area contributed by atoms with Gasteiger partial charge < -0.3 is 15.8 Å². The highest BCUT2D eigenvalue weighted by Crippen LogP contribution is 2.14. The zero-order chi connectivity index (χ0) is 14.6. The van der Waals surface area contributed by atoms with Crippen LogP contribution in [-0.4, -0.2) is 19.1 Å². The molecule has 1 amide bonds. The molecule has 0 aromatic heterocycles. The Morgan fingerprint density at radius 1 is 1.20 bits per heavy atom. The number of carbonyl (C=O) groups is 1. The summed E-state index contributed by atoms with van der Waals surface area (Å²) in [6.45, 7) is 4.04. The smallest absolute Gasteiger partial charge is 0.224 e. The number of anilines is 1. The Morgan fingerprint density at radius 3 is 2.70 bits per heavy atom. The van der Waals surface area contributed by atoms with E-state index in [9.17, 15) is 4.79 Å². The van der Waals surface area contributed by atoms with E-state index < -0.39 is 0 Å². The average molecular weight is 278 g/mol. The zero-order valence-electron chi connectivity index (χ0n) is 12.4. The molecule has 0 saturated carbocycles. The molecule has 112 valence electrons. The third kappa shape index (κ3) is 6.68. The van der Waals surface area contributed by atoms with Crippen molar-refractivity contribution in [3.63, 3.8) is 0 Å². The van der Waals surface area contributed by atoms with Crippen LogP contribution in [-0.2, 0) is 16.1 Å². The van der Waals surface area contributed by atoms with Crippen molar-refractivity contribution >= 4 is 11.6 Å². The van der Waals surface area contributed by atoms with Gasteiger partial charge in [0, 0.05) is 31.9 Å². The fourth-order valence-corrected chi connectivity index (χ4v) is 1.92. The summed E-state index contributed by atoms with van der Waals surface area (Å²) < 4.78 is 5.48. The second-order valence-corrected chi connectivity index (χ2v) is 4.83. The Labute approximate surface area is 121 Å². The van der Waals surface area contributed by atoms with Crippen LogP contribution in [0.15, 0.2) is 24.3 Å². The molecule has 0 fully saturated rings. The third-order valence-corrected chi connectivity index (χ3v) is 3.10. The first kappa shape index (κ1) is 16.7. The van der Waals surface area contributed by atoms with Crippen LogP contribution in [0.4, 0.5) is 5.69 Å². The molecule has 3 N–H and O–H groups in total. The van der Waals surface area contributed by atoms with Gasteiger partial charge in [0.1, 0.15) is 0 Å². The largest absolute Gasteiger partial charge is 0.381 e. The van der Waals surface area contributed by atoms with Crippen molar-refractivity contribution in [3.05, 3.63) is 29.8 Å². The lowest BCUT2D eigenvalue weighted by atomic mass is 10.1. The fraction of sp³-hybridized carbons (Fsp3) is 0.562. The molecule has 0 aliphatic heterocycles. The molecule has 4 nitrogen and oxygen atoms in total. The highest BCUT2D eigenvalue weighted by molar-refractivity contribution is 5.91. The Morgan fingerprint density at radius 2 is 1.95 bits per heavy atom. The van der Waals surface area contributed by atoms with E-state index in [2.05, 4.69) is 12.2 Å². The minimum Gasteiger partial charge on any atom is -0.381 e. The number of unbranched alkanes of at least 4 members (excludes halogenated alkanes) is 2. The molecule has 0 radical (unpaired) electrons. The molecular formula is C16H26N2O2. The van der Waals surface area contributed by atoms with Gasteiger partial charge in [0.15, 0.2) is 0 Å². The number of ether oxygens (including phenoxy) is 1. The van der Waals surface area contributed by atoms with Crippen molar-refractivity contribution in [1.82, 2.24) is 0 Å². The van der Waals surface area contributed by atoms with E-state index in [0.29, 0.717) is 19.6 Å². The molecule has 4 heteroatoms. The van der Waals surface area contributed by atoms with Gasteiger partial charge in [-0.3, -0.25) is 4.79 Å². The van der Waals surface area contributed by atoms with E-state index in [1.807, 2.05) is 24.3 Å². The van der Waals surface area contributed by atoms with Crippen LogP contribution in [0.5, 0.6) is 0 Å². The van der Waals surface area contributed by atoms with Crippen molar-refractivity contribution in [2.75, 3.05) is 18.5 Å². The lowest BCUT2D eigenvalue weighted by Crippen LogP contribution is -2.14. The second-order valence-electron chi connectivity index (χ2n) is 4.83. The fourth-order valence-electron chi connectivity index (χ4n) is 1.92. The summed E-state index contributed by atoms with van der Waals surface area (Å²) >= 11 is 0. The third-order valence-electron chi connectivity index (χ3n) is 3.10. The molecule has 0 bridgehead atoms. The SMILES string of the molecule is CCCCCOCCCC(=O)Nc1ccccc1CN. The minimum absolute atomic E-state index is 0.0167. The molecular weight excluding hydrogens is 252 g/mol. The van der Waals surface area contributed by atoms with Gasteiger partial charge in [-0.05, 0) is 24.5 Å². The van der Waals surface area contributed by atoms with E-state index in [-0.39, 0.29) is 5.91 Å². The molecule has 0 spiro atoms. The maximum Gasteiger partial charge on any atom is 0.224 e. The summed E-state index contributed by atoms with van der Waals surface area (Å²) in [4.78, 5) is 11.8. The number of nitrogens with one attached hydrogen (secondary N) is 1. The van der Waals surface area contributed by atoms with Crippen LogP contribution in [0.25, 0.3) is 0 Å². The molecule has 1 aromatic carbocycles. The number of carbonyl (C=O) groups excluding carboxylic acids is 1. The highest BCUT2D eigenvalue weighted by Gasteiger charge is 2.05. The summed E-state index contributed by atoms with van der Waals surface area (Å²) in [6.07, 6.45) is 4.74. The van der Waals surface area contributed by atoms with Gasteiger partial charge in [0.25, 0.3) is 0 Å². The van der Waals surface area contributed by atoms with Gasteiger partial charge in [0.05, 0.1) is 0 Å². The molecule has 0 saturated heterocycles. The van der Waals surface area contributed by atoms with Crippen LogP contribution in [0.1, 0.15) is 44.6 Å². The summed E-state index contributed by atoms with van der Waals surface area (Å²) in [5.41, 5.74) is 7.40. The first-order valence-corrected chi connectivity index (χ1v) is 7.43. The molecule has 0 aliphatic carbocycles. The highest BCUT2D eigenvalue weighted by atomic mass is 16.5. The van der Waals surface area contributed by atoms with Gasteiger partial charge in [0.2, 0.25) is 5.91 Å². The van der Waals surface area contributed by atoms with E-state index in [4.69, 9.17) is 10.5 Å². The number of rotatable bonds is 10. The number of amides is 1. The lowest BCUT2D eigenvalue weighted by molar-refractivity contribution is -0.116. The van der Waals surface area contributed by atoms with Crippen LogP contribution in [0.2, 0.25) is 0 Å². The molecule has 20 heavy (non-hydrogen) atoms. The molecule has 1 rings (SSSR count). The normalized spacial score (nSPS) is 10.5. The Kier molecular flexibility index (Phi) is 8.67. The predicted octanol–water partition coefficient (Wildman–Crippen LogP) is 3.07. The van der Waals surface area contributed by atoms with Crippen molar-refractivity contribution in [2.45, 2.75) is 45.6 Å². The topological polar surface area (TPSA) is 64.3 Å². The second kappa shape index (κ2) is 10.4. The van der Waals surface area contributed by atoms with Gasteiger partial charge in [-0.25, -0.2) is 0 Å². The predicted molar refractivity (Wildman–Crippen MR) is 82.5 cm³/mol. The van der Waals surface area contributed by atoms with Gasteiger partial charge in [-0.15, -0.1) is 0 Å². The molecule has 0 atom stereocenters. The van der Waals surface area contributed by atoms with Crippen molar-refractivity contribution < 1.29 is 9.53 Å². The van der Waals surface area contributed by atoms with Crippen molar-refractivity contribution in [2.24, 2.45) is 5.73 Å². The zero-order valence-corrected chi connectivity index (χ0v) is 12.4. The Hall–Kier alpha value is -1.39. The summed E-state index contributed by atoms with van der Waals surface area (Å²) in [6, 6.07) is 7.61. The lowest BCUT2D eigenvalue weighted by Gasteiger charge is -2.09. The number of para-hydroxylation sites is 1. The first-order chi connectivity index (χ1) is 9.77. The first-order valence-electron chi connectivity index (χ1n) is 7.43. The van der Waals surface area contributed by atoms with Gasteiger partial charge in [-0.2, -0.15) is 0 Å². The molecule has 0 aliphatic rings. The molecule has 0 heterocycles. The summed E-state index contributed by atoms with van der Waals surface area (Å²) in [7, 11) is 0. The van der Waals surface area contributed by atoms with E-state index in [1.54, 1.807) is 0 Å². The van der Waals surface area contributed by atoms with E-state index in [0.717, 1.165) is 30.7 Å². The standard InChI is InChI=1S/C16H26N2O2/c1-2-3-6-11-20-12-7-10-16(19)18-15-9-5-4-8-14(15)13-17/h4-5,8-9H,2-3,6-7,10-13,17H2,1H3,(H,18,19). The van der Waals surface area contributed by atoms with Crippen molar-refractivity contribution in [3.8, 4) is 0 Å². The van der Waals surface area contributed by atoms with Crippen LogP contribution in [0.3, 0.4) is 0 Å². The molecule has 0 unspecified atom stereocenters. The van der Waals surface area contributed by atoms with E-state index in [1.165, 1.54) is 12.8 Å². The number of nitrogens with two attached hydrogens (primary N) is 1. The quantitative estimate of drug-likeness (QED) is 0.646. The monoisotopic (exact) mass is 278 g/mol. The van der Waals surface area contributed by atoms with E-state index >= 15 is 0 Å². The summed E-state index contributed by atoms with van der Waals surface area (Å²) in [5, 5.41) is 2.90. The maximum absolute atomic E-state index is 11.8. The molecule has 1 aromatic rings. The Balaban J connectivity index is 2.17. The van der Waals surface area contributed by atoms with Gasteiger partial charge in [-0.1, -0.05) is 38.0 Å². The number of hydrogen-bond donors (Lipinski definition) is 2. The van der Waals surface area contributed by atoms with Crippen LogP contribution < -0.4 is 11.1 Å². The maximum atomic E-state index is 11.8. The number of hydrogen-bond acceptors (Lipinski definition) is 3.